The third-order valence-corrected chi connectivity index (χ3v) is 5.70. The van der Waals surface area contributed by atoms with Crippen LogP contribution in [0.2, 0.25) is 5.02 Å². The van der Waals surface area contributed by atoms with Crippen molar-refractivity contribution in [3.05, 3.63) is 70.2 Å². The summed E-state index contributed by atoms with van der Waals surface area (Å²) in [6.45, 7) is 5.58. The molecule has 1 saturated heterocycles. The molecule has 0 unspecified atom stereocenters. The summed E-state index contributed by atoms with van der Waals surface area (Å²) in [5, 5.41) is 4.50. The van der Waals surface area contributed by atoms with Crippen LogP contribution in [0.3, 0.4) is 0 Å². The molecule has 1 aliphatic rings. The van der Waals surface area contributed by atoms with E-state index in [0.29, 0.717) is 6.04 Å². The van der Waals surface area contributed by atoms with E-state index in [-0.39, 0.29) is 11.9 Å². The summed E-state index contributed by atoms with van der Waals surface area (Å²) in [4.78, 5) is 14.3. The number of piperidine rings is 1. The van der Waals surface area contributed by atoms with Gasteiger partial charge in [0.1, 0.15) is 0 Å². The van der Waals surface area contributed by atoms with Crippen molar-refractivity contribution in [2.45, 2.75) is 51.6 Å². The highest BCUT2D eigenvalue weighted by Gasteiger charge is 2.32. The van der Waals surface area contributed by atoms with E-state index >= 15 is 0 Å². The number of benzene rings is 2. The number of aryl methyl sites for hydroxylation is 1. The minimum atomic E-state index is 0.178. The second-order valence-corrected chi connectivity index (χ2v) is 7.99. The average Bonchev–Trinajstić information content (AvgIpc) is 2.64. The van der Waals surface area contributed by atoms with E-state index in [4.69, 9.17) is 11.6 Å². The Balaban J connectivity index is 1.66. The van der Waals surface area contributed by atoms with Crippen LogP contribution in [0.1, 0.15) is 36.5 Å². The Morgan fingerprint density at radius 1 is 1.19 bits per heavy atom. The molecule has 1 fully saturated rings. The van der Waals surface area contributed by atoms with Gasteiger partial charge in [-0.25, -0.2) is 0 Å². The van der Waals surface area contributed by atoms with Crippen LogP contribution < -0.4 is 5.32 Å². The number of rotatable bonds is 6. The zero-order chi connectivity index (χ0) is 19.2. The molecule has 1 N–H and O–H groups in total. The van der Waals surface area contributed by atoms with E-state index in [9.17, 15) is 4.79 Å². The number of hydrogen-bond acceptors (Lipinski definition) is 2. The van der Waals surface area contributed by atoms with Gasteiger partial charge in [-0.3, -0.25) is 4.79 Å². The van der Waals surface area contributed by atoms with Crippen LogP contribution in [0.4, 0.5) is 0 Å². The summed E-state index contributed by atoms with van der Waals surface area (Å²) in [6, 6.07) is 17.2. The zero-order valence-electron chi connectivity index (χ0n) is 16.2. The molecule has 2 atom stereocenters. The Labute approximate surface area is 167 Å². The van der Waals surface area contributed by atoms with Gasteiger partial charge in [0.15, 0.2) is 0 Å². The quantitative estimate of drug-likeness (QED) is 0.800. The Morgan fingerprint density at radius 2 is 1.96 bits per heavy atom. The average molecular weight is 385 g/mol. The van der Waals surface area contributed by atoms with Crippen LogP contribution in [0.25, 0.3) is 0 Å². The van der Waals surface area contributed by atoms with Crippen LogP contribution in [0.5, 0.6) is 0 Å². The van der Waals surface area contributed by atoms with E-state index in [1.165, 1.54) is 16.7 Å². The molecule has 27 heavy (non-hydrogen) atoms. The van der Waals surface area contributed by atoms with E-state index in [0.717, 1.165) is 43.8 Å². The molecule has 0 radical (unpaired) electrons. The lowest BCUT2D eigenvalue weighted by Crippen LogP contribution is -2.56. The van der Waals surface area contributed by atoms with Crippen molar-refractivity contribution in [2.24, 2.45) is 0 Å². The van der Waals surface area contributed by atoms with E-state index in [1.54, 1.807) is 6.92 Å². The number of carbonyl (C=O) groups is 1. The SMILES string of the molecule is CC(=O)N1CCC[C@H](NCCc2ccc(Cl)cc2)[C@@H]1Cc1cccc(C)c1. The Kier molecular flexibility index (Phi) is 6.92. The minimum absolute atomic E-state index is 0.178. The smallest absolute Gasteiger partial charge is 0.219 e. The van der Waals surface area contributed by atoms with Gasteiger partial charge in [0.05, 0.1) is 6.04 Å². The van der Waals surface area contributed by atoms with Gasteiger partial charge in [0.2, 0.25) is 5.91 Å². The predicted octanol–water partition coefficient (Wildman–Crippen LogP) is 4.40. The lowest BCUT2D eigenvalue weighted by Gasteiger charge is -2.41. The fourth-order valence-electron chi connectivity index (χ4n) is 4.07. The zero-order valence-corrected chi connectivity index (χ0v) is 17.0. The minimum Gasteiger partial charge on any atom is -0.338 e. The van der Waals surface area contributed by atoms with Crippen molar-refractivity contribution < 1.29 is 4.79 Å². The van der Waals surface area contributed by atoms with E-state index in [2.05, 4.69) is 53.5 Å². The van der Waals surface area contributed by atoms with Crippen molar-refractivity contribution in [3.63, 3.8) is 0 Å². The highest BCUT2D eigenvalue weighted by atomic mass is 35.5. The molecule has 2 aromatic carbocycles. The third-order valence-electron chi connectivity index (χ3n) is 5.44. The molecule has 1 amide bonds. The van der Waals surface area contributed by atoms with Crippen LogP contribution in [-0.4, -0.2) is 36.0 Å². The van der Waals surface area contributed by atoms with Gasteiger partial charge < -0.3 is 10.2 Å². The maximum Gasteiger partial charge on any atom is 0.219 e. The number of carbonyl (C=O) groups excluding carboxylic acids is 1. The number of hydrogen-bond donors (Lipinski definition) is 1. The first-order valence-electron chi connectivity index (χ1n) is 9.83. The molecule has 0 aromatic heterocycles. The fraction of sp³-hybridized carbons (Fsp3) is 0.435. The Morgan fingerprint density at radius 3 is 2.67 bits per heavy atom. The lowest BCUT2D eigenvalue weighted by molar-refractivity contribution is -0.133. The predicted molar refractivity (Wildman–Crippen MR) is 112 cm³/mol. The van der Waals surface area contributed by atoms with Gasteiger partial charge in [-0.2, -0.15) is 0 Å². The van der Waals surface area contributed by atoms with E-state index < -0.39 is 0 Å². The molecule has 3 rings (SSSR count). The first-order valence-corrected chi connectivity index (χ1v) is 10.2. The van der Waals surface area contributed by atoms with Crippen LogP contribution in [0, 0.1) is 6.92 Å². The number of nitrogens with one attached hydrogen (secondary N) is 1. The molecule has 1 aliphatic heterocycles. The van der Waals surface area contributed by atoms with Crippen LogP contribution in [0.15, 0.2) is 48.5 Å². The normalized spacial score (nSPS) is 19.9. The molecule has 0 spiro atoms. The van der Waals surface area contributed by atoms with Crippen LogP contribution >= 0.6 is 11.6 Å². The van der Waals surface area contributed by atoms with Crippen molar-refractivity contribution in [1.82, 2.24) is 10.2 Å². The molecular weight excluding hydrogens is 356 g/mol. The largest absolute Gasteiger partial charge is 0.338 e. The molecule has 144 valence electrons. The molecule has 1 heterocycles. The summed E-state index contributed by atoms with van der Waals surface area (Å²) < 4.78 is 0. The highest BCUT2D eigenvalue weighted by Crippen LogP contribution is 2.22. The highest BCUT2D eigenvalue weighted by molar-refractivity contribution is 6.30. The summed E-state index contributed by atoms with van der Waals surface area (Å²) in [5.74, 6) is 0.178. The first-order chi connectivity index (χ1) is 13.0. The lowest BCUT2D eigenvalue weighted by atomic mass is 9.90. The summed E-state index contributed by atoms with van der Waals surface area (Å²) in [5.41, 5.74) is 3.85. The third kappa shape index (κ3) is 5.57. The summed E-state index contributed by atoms with van der Waals surface area (Å²) in [7, 11) is 0. The van der Waals surface area contributed by atoms with Crippen molar-refractivity contribution >= 4 is 17.5 Å². The maximum absolute atomic E-state index is 12.2. The maximum atomic E-state index is 12.2. The first kappa shape index (κ1) is 19.9. The van der Waals surface area contributed by atoms with Gasteiger partial charge in [0.25, 0.3) is 0 Å². The van der Waals surface area contributed by atoms with Crippen molar-refractivity contribution in [3.8, 4) is 0 Å². The molecular formula is C23H29ClN2O. The standard InChI is InChI=1S/C23H29ClN2O/c1-17-5-3-6-20(15-17)16-23-22(7-4-14-26(23)18(2)27)25-13-12-19-8-10-21(24)11-9-19/h3,5-6,8-11,15,22-23,25H,4,7,12-14,16H2,1-2H3/t22-,23-/m0/s1. The Hall–Kier alpha value is -1.84. The molecule has 0 aliphatic carbocycles. The summed E-state index contributed by atoms with van der Waals surface area (Å²) >= 11 is 5.97. The van der Waals surface area contributed by atoms with Crippen molar-refractivity contribution in [1.29, 1.82) is 0 Å². The second kappa shape index (κ2) is 9.38. The topological polar surface area (TPSA) is 32.3 Å². The molecule has 2 aromatic rings. The Bertz CT molecular complexity index is 759. The van der Waals surface area contributed by atoms with E-state index in [1.807, 2.05) is 12.1 Å². The molecule has 3 nitrogen and oxygen atoms in total. The van der Waals surface area contributed by atoms with Gasteiger partial charge in [0, 0.05) is 24.5 Å². The van der Waals surface area contributed by atoms with Crippen molar-refractivity contribution in [2.75, 3.05) is 13.1 Å². The number of amides is 1. The number of halogens is 1. The van der Waals surface area contributed by atoms with Crippen LogP contribution in [-0.2, 0) is 17.6 Å². The molecule has 0 saturated carbocycles. The van der Waals surface area contributed by atoms with Gasteiger partial charge in [-0.1, -0.05) is 53.6 Å². The second-order valence-electron chi connectivity index (χ2n) is 7.55. The monoisotopic (exact) mass is 384 g/mol. The summed E-state index contributed by atoms with van der Waals surface area (Å²) in [6.07, 6.45) is 4.04. The van der Waals surface area contributed by atoms with Gasteiger partial charge in [-0.15, -0.1) is 0 Å². The van der Waals surface area contributed by atoms with Gasteiger partial charge in [-0.05, 0) is 62.4 Å². The molecule has 4 heteroatoms. The fourth-order valence-corrected chi connectivity index (χ4v) is 4.20. The number of likely N-dealkylation sites (tertiary alicyclic amines) is 1. The van der Waals surface area contributed by atoms with Gasteiger partial charge >= 0.3 is 0 Å². The molecule has 0 bridgehead atoms. The number of nitrogens with zero attached hydrogens (tertiary/aromatic N) is 1.